The van der Waals surface area contributed by atoms with Crippen LogP contribution in [0.1, 0.15) is 58.3 Å². The molecule has 0 bridgehead atoms. The van der Waals surface area contributed by atoms with Crippen LogP contribution < -0.4 is 10.6 Å². The van der Waals surface area contributed by atoms with Gasteiger partial charge < -0.3 is 10.6 Å². The SMILES string of the molecule is Cc1ccc(NC(=N[C@H]2CCc3ccccc32)C(=N[C@H]2CCc3ccccc32)Nc2ccc(C)cc2)cc1. The molecule has 2 atom stereocenters. The van der Waals surface area contributed by atoms with Crippen LogP contribution in [0.5, 0.6) is 0 Å². The number of amidine groups is 2. The summed E-state index contributed by atoms with van der Waals surface area (Å²) in [5.41, 5.74) is 9.89. The number of aryl methyl sites for hydroxylation is 4. The van der Waals surface area contributed by atoms with Crippen molar-refractivity contribution in [3.63, 3.8) is 0 Å². The summed E-state index contributed by atoms with van der Waals surface area (Å²) in [4.78, 5) is 10.7. The van der Waals surface area contributed by atoms with E-state index >= 15 is 0 Å². The highest BCUT2D eigenvalue weighted by molar-refractivity contribution is 6.48. The summed E-state index contributed by atoms with van der Waals surface area (Å²) < 4.78 is 0. The number of nitrogens with one attached hydrogen (secondary N) is 2. The molecule has 2 N–H and O–H groups in total. The van der Waals surface area contributed by atoms with Crippen LogP contribution in [0.25, 0.3) is 0 Å². The summed E-state index contributed by atoms with van der Waals surface area (Å²) >= 11 is 0. The van der Waals surface area contributed by atoms with Crippen LogP contribution in [0.3, 0.4) is 0 Å². The number of fused-ring (bicyclic) bond motifs is 2. The Morgan fingerprint density at radius 1 is 0.553 bits per heavy atom. The average Bonchev–Trinajstić information content (AvgIpc) is 3.54. The normalized spacial score (nSPS) is 18.7. The Labute approximate surface area is 225 Å². The summed E-state index contributed by atoms with van der Waals surface area (Å²) in [6, 6.07) is 34.5. The first-order valence-corrected chi connectivity index (χ1v) is 13.6. The van der Waals surface area contributed by atoms with Gasteiger partial charge in [-0.3, -0.25) is 9.98 Å². The zero-order valence-electron chi connectivity index (χ0n) is 22.1. The zero-order chi connectivity index (χ0) is 25.9. The smallest absolute Gasteiger partial charge is 0.169 e. The van der Waals surface area contributed by atoms with E-state index in [0.717, 1.165) is 48.7 Å². The van der Waals surface area contributed by atoms with Crippen molar-refractivity contribution >= 4 is 23.0 Å². The van der Waals surface area contributed by atoms with Gasteiger partial charge in [-0.25, -0.2) is 0 Å². The van der Waals surface area contributed by atoms with E-state index in [9.17, 15) is 0 Å². The topological polar surface area (TPSA) is 48.8 Å². The van der Waals surface area contributed by atoms with Gasteiger partial charge in [-0.15, -0.1) is 0 Å². The van der Waals surface area contributed by atoms with Gasteiger partial charge in [0.2, 0.25) is 0 Å². The number of hydrogen-bond donors (Lipinski definition) is 2. The summed E-state index contributed by atoms with van der Waals surface area (Å²) in [6.45, 7) is 4.22. The molecule has 4 heteroatoms. The number of rotatable bonds is 4. The summed E-state index contributed by atoms with van der Waals surface area (Å²) in [7, 11) is 0. The second-order valence-electron chi connectivity index (χ2n) is 10.4. The molecule has 4 aromatic rings. The minimum Gasteiger partial charge on any atom is -0.337 e. The van der Waals surface area contributed by atoms with Crippen LogP contribution in [-0.4, -0.2) is 11.7 Å². The Bertz CT molecular complexity index is 1370. The van der Waals surface area contributed by atoms with Crippen molar-refractivity contribution in [3.05, 3.63) is 130 Å². The molecule has 0 saturated heterocycles. The maximum atomic E-state index is 5.36. The fourth-order valence-corrected chi connectivity index (χ4v) is 5.50. The molecular weight excluding hydrogens is 464 g/mol. The first-order valence-electron chi connectivity index (χ1n) is 13.6. The second-order valence-corrected chi connectivity index (χ2v) is 10.4. The predicted molar refractivity (Wildman–Crippen MR) is 159 cm³/mol. The maximum Gasteiger partial charge on any atom is 0.169 e. The van der Waals surface area contributed by atoms with E-state index in [4.69, 9.17) is 9.98 Å². The molecule has 0 spiro atoms. The Balaban J connectivity index is 1.44. The fraction of sp³-hybridized carbons (Fsp3) is 0.235. The summed E-state index contributed by atoms with van der Waals surface area (Å²) in [5, 5.41) is 7.30. The number of benzene rings is 4. The molecule has 0 aliphatic heterocycles. The quantitative estimate of drug-likeness (QED) is 0.221. The highest BCUT2D eigenvalue weighted by atomic mass is 15.1. The molecule has 0 radical (unpaired) electrons. The van der Waals surface area contributed by atoms with E-state index < -0.39 is 0 Å². The maximum absolute atomic E-state index is 5.36. The van der Waals surface area contributed by atoms with Gasteiger partial charge in [-0.05, 0) is 86.1 Å². The molecule has 6 rings (SSSR count). The molecule has 190 valence electrons. The van der Waals surface area contributed by atoms with E-state index in [1.54, 1.807) is 0 Å². The van der Waals surface area contributed by atoms with E-state index in [1.807, 2.05) is 0 Å². The number of hydrogen-bond acceptors (Lipinski definition) is 2. The molecule has 0 saturated carbocycles. The van der Waals surface area contributed by atoms with Crippen molar-refractivity contribution in [1.82, 2.24) is 0 Å². The first kappa shape index (κ1) is 24.2. The number of aliphatic imine (C=N–C) groups is 2. The zero-order valence-corrected chi connectivity index (χ0v) is 22.1. The van der Waals surface area contributed by atoms with E-state index in [-0.39, 0.29) is 12.1 Å². The largest absolute Gasteiger partial charge is 0.337 e. The lowest BCUT2D eigenvalue weighted by molar-refractivity contribution is 0.711. The predicted octanol–water partition coefficient (Wildman–Crippen LogP) is 8.00. The minimum absolute atomic E-state index is 0.0973. The van der Waals surface area contributed by atoms with Gasteiger partial charge in [0.05, 0.1) is 12.1 Å². The Hall–Kier alpha value is -4.18. The van der Waals surface area contributed by atoms with Crippen LogP contribution in [-0.2, 0) is 12.8 Å². The van der Waals surface area contributed by atoms with E-state index in [2.05, 4.69) is 122 Å². The van der Waals surface area contributed by atoms with Gasteiger partial charge in [0.25, 0.3) is 0 Å². The molecule has 2 aliphatic rings. The summed E-state index contributed by atoms with van der Waals surface area (Å²) in [5.74, 6) is 1.56. The van der Waals surface area contributed by atoms with Gasteiger partial charge in [-0.2, -0.15) is 0 Å². The molecule has 0 unspecified atom stereocenters. The monoisotopic (exact) mass is 498 g/mol. The van der Waals surface area contributed by atoms with Crippen molar-refractivity contribution in [2.45, 2.75) is 51.6 Å². The van der Waals surface area contributed by atoms with Crippen LogP contribution in [0.4, 0.5) is 11.4 Å². The van der Waals surface area contributed by atoms with Crippen LogP contribution in [0.2, 0.25) is 0 Å². The second kappa shape index (κ2) is 10.7. The Kier molecular flexibility index (Phi) is 6.78. The minimum atomic E-state index is 0.0973. The molecule has 2 aliphatic carbocycles. The van der Waals surface area contributed by atoms with Crippen molar-refractivity contribution in [2.24, 2.45) is 9.98 Å². The summed E-state index contributed by atoms with van der Waals surface area (Å²) in [6.07, 6.45) is 4.11. The van der Waals surface area contributed by atoms with Gasteiger partial charge in [0, 0.05) is 11.4 Å². The molecule has 0 amide bonds. The molecule has 4 aromatic carbocycles. The van der Waals surface area contributed by atoms with Crippen LogP contribution in [0.15, 0.2) is 107 Å². The highest BCUT2D eigenvalue weighted by Gasteiger charge is 2.26. The lowest BCUT2D eigenvalue weighted by atomic mass is 10.1. The number of nitrogens with zero attached hydrogens (tertiary/aromatic N) is 2. The van der Waals surface area contributed by atoms with E-state index in [0.29, 0.717) is 0 Å². The standard InChI is InChI=1S/C34H34N4/c1-23-11-17-27(18-12-23)35-33(37-31-21-15-25-7-3-5-9-29(25)31)34(36-28-19-13-24(2)14-20-28)38-32-22-16-26-8-4-6-10-30(26)32/h3-14,17-20,31-32H,15-16,21-22H2,1-2H3,(H,35,37)(H,36,38)/t31-,32-/m0/s1. The molecule has 38 heavy (non-hydrogen) atoms. The van der Waals surface area contributed by atoms with E-state index in [1.165, 1.54) is 33.4 Å². The highest BCUT2D eigenvalue weighted by Crippen LogP contribution is 2.36. The molecule has 4 nitrogen and oxygen atoms in total. The fourth-order valence-electron chi connectivity index (χ4n) is 5.50. The van der Waals surface area contributed by atoms with Crippen molar-refractivity contribution in [3.8, 4) is 0 Å². The van der Waals surface area contributed by atoms with Crippen LogP contribution in [0, 0.1) is 13.8 Å². The third-order valence-electron chi connectivity index (χ3n) is 7.63. The van der Waals surface area contributed by atoms with Crippen LogP contribution >= 0.6 is 0 Å². The molecular formula is C34H34N4. The Morgan fingerprint density at radius 2 is 0.947 bits per heavy atom. The first-order chi connectivity index (χ1) is 18.6. The van der Waals surface area contributed by atoms with Crippen molar-refractivity contribution in [1.29, 1.82) is 0 Å². The van der Waals surface area contributed by atoms with Gasteiger partial charge in [-0.1, -0.05) is 83.9 Å². The van der Waals surface area contributed by atoms with Crippen molar-refractivity contribution in [2.75, 3.05) is 10.6 Å². The third-order valence-corrected chi connectivity index (χ3v) is 7.63. The lowest BCUT2D eigenvalue weighted by Gasteiger charge is -2.19. The van der Waals surface area contributed by atoms with Gasteiger partial charge in [0.15, 0.2) is 11.7 Å². The molecule has 0 aromatic heterocycles. The molecule has 0 heterocycles. The Morgan fingerprint density at radius 3 is 1.37 bits per heavy atom. The number of anilines is 2. The van der Waals surface area contributed by atoms with Gasteiger partial charge >= 0.3 is 0 Å². The van der Waals surface area contributed by atoms with Crippen molar-refractivity contribution < 1.29 is 0 Å². The lowest BCUT2D eigenvalue weighted by Crippen LogP contribution is -2.31. The average molecular weight is 499 g/mol. The molecule has 0 fully saturated rings. The third kappa shape index (κ3) is 5.26. The van der Waals surface area contributed by atoms with Gasteiger partial charge in [0.1, 0.15) is 0 Å².